The number of rotatable bonds is 9. The van der Waals surface area contributed by atoms with Gasteiger partial charge in [-0.25, -0.2) is 0 Å². The van der Waals surface area contributed by atoms with Crippen molar-refractivity contribution in [3.8, 4) is 23.0 Å². The SMILES string of the molecule is COc1ccc([C@H]2SCC(=O)N2CCN2C(=O)CS[C@@H]2c2ccc(OC)c(OC)c2)cc1OC. The lowest BCUT2D eigenvalue weighted by Crippen LogP contribution is -2.39. The van der Waals surface area contributed by atoms with Crippen LogP contribution in [0.15, 0.2) is 36.4 Å². The number of hydrogen-bond acceptors (Lipinski definition) is 8. The van der Waals surface area contributed by atoms with E-state index in [4.69, 9.17) is 18.9 Å². The zero-order valence-corrected chi connectivity index (χ0v) is 21.2. The third-order valence-electron chi connectivity index (χ3n) is 5.90. The lowest BCUT2D eigenvalue weighted by Gasteiger charge is -2.30. The van der Waals surface area contributed by atoms with E-state index in [0.717, 1.165) is 11.1 Å². The highest BCUT2D eigenvalue weighted by Gasteiger charge is 2.37. The van der Waals surface area contributed by atoms with E-state index < -0.39 is 0 Å². The largest absolute Gasteiger partial charge is 0.493 e. The molecule has 4 rings (SSSR count). The second-order valence-corrected chi connectivity index (χ2v) is 9.87. The topological polar surface area (TPSA) is 77.5 Å². The molecule has 2 aliphatic rings. The summed E-state index contributed by atoms with van der Waals surface area (Å²) in [5.41, 5.74) is 1.93. The molecule has 0 radical (unpaired) electrons. The fourth-order valence-electron chi connectivity index (χ4n) is 4.17. The predicted molar refractivity (Wildman–Crippen MR) is 133 cm³/mol. The highest BCUT2D eigenvalue weighted by atomic mass is 32.2. The smallest absolute Gasteiger partial charge is 0.233 e. The van der Waals surface area contributed by atoms with Crippen molar-refractivity contribution < 1.29 is 28.5 Å². The lowest BCUT2D eigenvalue weighted by molar-refractivity contribution is -0.132. The third kappa shape index (κ3) is 4.74. The van der Waals surface area contributed by atoms with Gasteiger partial charge in [-0.3, -0.25) is 9.59 Å². The van der Waals surface area contributed by atoms with Gasteiger partial charge in [0.25, 0.3) is 0 Å². The van der Waals surface area contributed by atoms with E-state index in [1.165, 1.54) is 0 Å². The van der Waals surface area contributed by atoms with Crippen LogP contribution in [0.2, 0.25) is 0 Å². The Hall–Kier alpha value is -2.72. The molecular formula is C24H28N2O6S2. The van der Waals surface area contributed by atoms with Crippen LogP contribution in [-0.2, 0) is 9.59 Å². The zero-order chi connectivity index (χ0) is 24.2. The highest BCUT2D eigenvalue weighted by Crippen LogP contribution is 2.44. The summed E-state index contributed by atoms with van der Waals surface area (Å²) in [5.74, 6) is 3.47. The number of amides is 2. The maximum atomic E-state index is 12.7. The predicted octanol–water partition coefficient (Wildman–Crippen LogP) is 3.57. The first-order valence-corrected chi connectivity index (χ1v) is 12.9. The van der Waals surface area contributed by atoms with Crippen molar-refractivity contribution in [2.45, 2.75) is 10.7 Å². The molecular weight excluding hydrogens is 476 g/mol. The van der Waals surface area contributed by atoms with Crippen LogP contribution in [0.25, 0.3) is 0 Å². The fraction of sp³-hybridized carbons (Fsp3) is 0.417. The molecule has 2 heterocycles. The van der Waals surface area contributed by atoms with Gasteiger partial charge in [0, 0.05) is 13.1 Å². The first-order chi connectivity index (χ1) is 16.5. The molecule has 34 heavy (non-hydrogen) atoms. The van der Waals surface area contributed by atoms with Gasteiger partial charge < -0.3 is 28.7 Å². The normalized spacial score (nSPS) is 20.1. The van der Waals surface area contributed by atoms with Gasteiger partial charge in [-0.1, -0.05) is 12.1 Å². The number of methoxy groups -OCH3 is 4. The van der Waals surface area contributed by atoms with Crippen molar-refractivity contribution in [2.75, 3.05) is 53.0 Å². The molecule has 0 bridgehead atoms. The van der Waals surface area contributed by atoms with Crippen molar-refractivity contribution in [1.82, 2.24) is 9.80 Å². The average Bonchev–Trinajstić information content (AvgIpc) is 3.43. The summed E-state index contributed by atoms with van der Waals surface area (Å²) in [6, 6.07) is 11.4. The first-order valence-electron chi connectivity index (χ1n) is 10.8. The van der Waals surface area contributed by atoms with Crippen LogP contribution in [0.5, 0.6) is 23.0 Å². The molecule has 2 aliphatic heterocycles. The summed E-state index contributed by atoms with van der Waals surface area (Å²) in [5, 5.41) is -0.283. The van der Waals surface area contributed by atoms with Crippen LogP contribution in [0.4, 0.5) is 0 Å². The summed E-state index contributed by atoms with van der Waals surface area (Å²) in [7, 11) is 6.38. The molecule has 0 aliphatic carbocycles. The minimum absolute atomic E-state index is 0.0618. The molecule has 0 spiro atoms. The summed E-state index contributed by atoms with van der Waals surface area (Å²) < 4.78 is 21.6. The van der Waals surface area contributed by atoms with Crippen molar-refractivity contribution in [3.63, 3.8) is 0 Å². The van der Waals surface area contributed by atoms with Crippen LogP contribution in [0.3, 0.4) is 0 Å². The van der Waals surface area contributed by atoms with E-state index >= 15 is 0 Å². The van der Waals surface area contributed by atoms with Crippen LogP contribution >= 0.6 is 23.5 Å². The number of benzene rings is 2. The molecule has 182 valence electrons. The van der Waals surface area contributed by atoms with Gasteiger partial charge in [0.1, 0.15) is 10.7 Å². The molecule has 2 amide bonds. The molecule has 0 aromatic heterocycles. The monoisotopic (exact) mass is 504 g/mol. The quantitative estimate of drug-likeness (QED) is 0.513. The molecule has 0 saturated carbocycles. The van der Waals surface area contributed by atoms with Crippen LogP contribution in [0.1, 0.15) is 21.9 Å². The number of thioether (sulfide) groups is 2. The minimum Gasteiger partial charge on any atom is -0.493 e. The van der Waals surface area contributed by atoms with Crippen LogP contribution in [0, 0.1) is 0 Å². The number of carbonyl (C=O) groups is 2. The summed E-state index contributed by atoms with van der Waals surface area (Å²) in [6.07, 6.45) is 0. The number of nitrogens with zero attached hydrogens (tertiary/aromatic N) is 2. The van der Waals surface area contributed by atoms with E-state index in [1.54, 1.807) is 52.0 Å². The van der Waals surface area contributed by atoms with Crippen LogP contribution in [-0.4, -0.2) is 74.6 Å². The molecule has 2 fully saturated rings. The van der Waals surface area contributed by atoms with Crippen molar-refractivity contribution in [1.29, 1.82) is 0 Å². The van der Waals surface area contributed by atoms with Gasteiger partial charge in [-0.05, 0) is 35.4 Å². The Labute approximate surface area is 207 Å². The zero-order valence-electron chi connectivity index (χ0n) is 19.6. The van der Waals surface area contributed by atoms with Gasteiger partial charge in [-0.15, -0.1) is 23.5 Å². The second kappa shape index (κ2) is 10.7. The van der Waals surface area contributed by atoms with Gasteiger partial charge in [-0.2, -0.15) is 0 Å². The van der Waals surface area contributed by atoms with Crippen molar-refractivity contribution in [3.05, 3.63) is 47.5 Å². The summed E-state index contributed by atoms with van der Waals surface area (Å²) >= 11 is 3.15. The van der Waals surface area contributed by atoms with Gasteiger partial charge >= 0.3 is 0 Å². The fourth-order valence-corrected chi connectivity index (χ4v) is 6.59. The molecule has 2 saturated heterocycles. The van der Waals surface area contributed by atoms with Gasteiger partial charge in [0.05, 0.1) is 39.9 Å². The summed E-state index contributed by atoms with van der Waals surface area (Å²) in [6.45, 7) is 0.891. The van der Waals surface area contributed by atoms with Crippen LogP contribution < -0.4 is 18.9 Å². The minimum atomic E-state index is -0.141. The first kappa shape index (κ1) is 24.4. The van der Waals surface area contributed by atoms with Crippen molar-refractivity contribution >= 4 is 35.3 Å². The van der Waals surface area contributed by atoms with E-state index in [9.17, 15) is 9.59 Å². The molecule has 10 heteroatoms. The lowest BCUT2D eigenvalue weighted by atomic mass is 10.1. The Bertz CT molecular complexity index is 982. The third-order valence-corrected chi connectivity index (χ3v) is 8.42. The number of ether oxygens (including phenoxy) is 4. The Morgan fingerprint density at radius 3 is 1.41 bits per heavy atom. The molecule has 0 N–H and O–H groups in total. The maximum Gasteiger partial charge on any atom is 0.233 e. The average molecular weight is 505 g/mol. The Kier molecular flexibility index (Phi) is 7.67. The van der Waals surface area contributed by atoms with E-state index in [-0.39, 0.29) is 22.6 Å². The number of carbonyl (C=O) groups excluding carboxylic acids is 2. The maximum absolute atomic E-state index is 12.7. The molecule has 2 aromatic carbocycles. The highest BCUT2D eigenvalue weighted by molar-refractivity contribution is 8.00. The Morgan fingerprint density at radius 2 is 1.06 bits per heavy atom. The Morgan fingerprint density at radius 1 is 0.676 bits per heavy atom. The molecule has 0 unspecified atom stereocenters. The second-order valence-electron chi connectivity index (χ2n) is 7.73. The van der Waals surface area contributed by atoms with Crippen molar-refractivity contribution in [2.24, 2.45) is 0 Å². The molecule has 2 atom stereocenters. The van der Waals surface area contributed by atoms with E-state index in [1.807, 2.05) is 46.2 Å². The molecule has 8 nitrogen and oxygen atoms in total. The standard InChI is InChI=1S/C24H28N2O6S2/c1-29-17-7-5-15(11-19(17)31-3)23-25(21(27)13-33-23)9-10-26-22(28)14-34-24(26)16-6-8-18(30-2)20(12-16)32-4/h5-8,11-12,23-24H,9-10,13-14H2,1-4H3/t23-,24-/m1/s1. The van der Waals surface area contributed by atoms with E-state index in [0.29, 0.717) is 47.6 Å². The number of hydrogen-bond donors (Lipinski definition) is 0. The van der Waals surface area contributed by atoms with Gasteiger partial charge in [0.2, 0.25) is 11.8 Å². The van der Waals surface area contributed by atoms with Gasteiger partial charge in [0.15, 0.2) is 23.0 Å². The Balaban J connectivity index is 1.51. The van der Waals surface area contributed by atoms with E-state index in [2.05, 4.69) is 0 Å². The summed E-state index contributed by atoms with van der Waals surface area (Å²) in [4.78, 5) is 29.2. The molecule has 2 aromatic rings.